The van der Waals surface area contributed by atoms with E-state index in [-0.39, 0.29) is 0 Å². The lowest BCUT2D eigenvalue weighted by Crippen LogP contribution is -2.06. The summed E-state index contributed by atoms with van der Waals surface area (Å²) in [6.45, 7) is 4.95. The Morgan fingerprint density at radius 1 is 0.478 bits per heavy atom. The molecule has 0 fully saturated rings. The molecule has 0 heterocycles. The maximum absolute atomic E-state index is 9.46. The van der Waals surface area contributed by atoms with Gasteiger partial charge in [0.05, 0.1) is 0 Å². The van der Waals surface area contributed by atoms with Gasteiger partial charge in [0.1, 0.15) is 0 Å². The van der Waals surface area contributed by atoms with Gasteiger partial charge in [-0.2, -0.15) is 0 Å². The number of rotatable bonds is 19. The Balaban J connectivity index is 3.21. The molecule has 23 heavy (non-hydrogen) atoms. The minimum absolute atomic E-state index is 0.407. The van der Waals surface area contributed by atoms with Gasteiger partial charge in [-0.05, 0) is 18.8 Å². The highest BCUT2D eigenvalue weighted by atomic mass is 16.3. The van der Waals surface area contributed by atoms with E-state index in [0.717, 1.165) is 0 Å². The molecule has 0 amide bonds. The van der Waals surface area contributed by atoms with Crippen LogP contribution in [0.25, 0.3) is 0 Å². The number of hydrogen-bond acceptors (Lipinski definition) is 1. The Morgan fingerprint density at radius 2 is 0.783 bits per heavy atom. The molecule has 1 nitrogen and oxygen atoms in total. The molecule has 0 saturated heterocycles. The van der Waals surface area contributed by atoms with Crippen molar-refractivity contribution in [2.75, 3.05) is 6.61 Å². The van der Waals surface area contributed by atoms with Gasteiger partial charge in [0.25, 0.3) is 0 Å². The van der Waals surface area contributed by atoms with Crippen LogP contribution in [0.1, 0.15) is 129 Å². The van der Waals surface area contributed by atoms with Crippen LogP contribution in [0.5, 0.6) is 0 Å². The van der Waals surface area contributed by atoms with Crippen molar-refractivity contribution < 1.29 is 5.11 Å². The molecule has 0 rings (SSSR count). The number of aliphatic hydroxyl groups excluding tert-OH is 1. The Morgan fingerprint density at radius 3 is 1.13 bits per heavy atom. The Bertz CT molecular complexity index is 202. The molecule has 0 aromatic rings. The first-order valence-electron chi connectivity index (χ1n) is 11.0. The highest BCUT2D eigenvalue weighted by Gasteiger charge is 2.06. The second-order valence-corrected chi connectivity index (χ2v) is 7.58. The first-order chi connectivity index (χ1) is 11.3. The third-order valence-corrected chi connectivity index (χ3v) is 5.19. The standard InChI is InChI=1S/C22H46O/c1-3-5-7-9-10-11-12-13-14-15-16-18-20-22(21-23)19-17-8-6-4-2/h22-23H,3-21H2,1-2H3. The molecule has 0 aliphatic heterocycles. The summed E-state index contributed by atoms with van der Waals surface area (Å²) < 4.78 is 0. The summed E-state index contributed by atoms with van der Waals surface area (Å²) in [6.07, 6.45) is 24.8. The maximum atomic E-state index is 9.46. The van der Waals surface area contributed by atoms with Gasteiger partial charge in [-0.3, -0.25) is 0 Å². The van der Waals surface area contributed by atoms with Crippen molar-refractivity contribution in [3.05, 3.63) is 0 Å². The van der Waals surface area contributed by atoms with Gasteiger partial charge in [-0.15, -0.1) is 0 Å². The van der Waals surface area contributed by atoms with Crippen LogP contribution in [-0.2, 0) is 0 Å². The Hall–Kier alpha value is -0.0400. The fourth-order valence-corrected chi connectivity index (χ4v) is 3.46. The molecule has 0 bridgehead atoms. The fraction of sp³-hybridized carbons (Fsp3) is 1.00. The monoisotopic (exact) mass is 326 g/mol. The normalized spacial score (nSPS) is 12.7. The molecule has 1 N–H and O–H groups in total. The van der Waals surface area contributed by atoms with Crippen molar-refractivity contribution in [2.24, 2.45) is 5.92 Å². The van der Waals surface area contributed by atoms with Gasteiger partial charge >= 0.3 is 0 Å². The van der Waals surface area contributed by atoms with E-state index in [9.17, 15) is 5.11 Å². The first-order valence-corrected chi connectivity index (χ1v) is 11.0. The molecular formula is C22H46O. The molecule has 0 aliphatic carbocycles. The van der Waals surface area contributed by atoms with Crippen molar-refractivity contribution in [1.29, 1.82) is 0 Å². The average molecular weight is 327 g/mol. The molecule has 0 aromatic heterocycles. The van der Waals surface area contributed by atoms with Crippen LogP contribution in [0.2, 0.25) is 0 Å². The summed E-state index contributed by atoms with van der Waals surface area (Å²) >= 11 is 0. The largest absolute Gasteiger partial charge is 0.396 e. The first kappa shape index (κ1) is 23.0. The van der Waals surface area contributed by atoms with Gasteiger partial charge < -0.3 is 5.11 Å². The third-order valence-electron chi connectivity index (χ3n) is 5.19. The van der Waals surface area contributed by atoms with E-state index >= 15 is 0 Å². The van der Waals surface area contributed by atoms with Gasteiger partial charge in [0.15, 0.2) is 0 Å². The van der Waals surface area contributed by atoms with Crippen LogP contribution in [-0.4, -0.2) is 11.7 Å². The summed E-state index contributed by atoms with van der Waals surface area (Å²) in [6, 6.07) is 0. The predicted molar refractivity (Wildman–Crippen MR) is 105 cm³/mol. The molecule has 0 spiro atoms. The molecule has 1 heteroatoms. The lowest BCUT2D eigenvalue weighted by atomic mass is 9.95. The van der Waals surface area contributed by atoms with Crippen LogP contribution < -0.4 is 0 Å². The van der Waals surface area contributed by atoms with E-state index in [1.165, 1.54) is 116 Å². The zero-order chi connectivity index (χ0) is 17.0. The zero-order valence-corrected chi connectivity index (χ0v) is 16.5. The van der Waals surface area contributed by atoms with E-state index in [0.29, 0.717) is 12.5 Å². The average Bonchev–Trinajstić information content (AvgIpc) is 2.57. The molecule has 0 aromatic carbocycles. The molecular weight excluding hydrogens is 280 g/mol. The lowest BCUT2D eigenvalue weighted by Gasteiger charge is -2.13. The van der Waals surface area contributed by atoms with Crippen molar-refractivity contribution in [1.82, 2.24) is 0 Å². The van der Waals surface area contributed by atoms with E-state index in [2.05, 4.69) is 13.8 Å². The van der Waals surface area contributed by atoms with Crippen LogP contribution in [0, 0.1) is 5.92 Å². The van der Waals surface area contributed by atoms with Gasteiger partial charge in [-0.1, -0.05) is 117 Å². The molecule has 0 radical (unpaired) electrons. The van der Waals surface area contributed by atoms with Gasteiger partial charge in [-0.25, -0.2) is 0 Å². The number of unbranched alkanes of at least 4 members (excludes halogenated alkanes) is 14. The topological polar surface area (TPSA) is 20.2 Å². The fourth-order valence-electron chi connectivity index (χ4n) is 3.46. The summed E-state index contributed by atoms with van der Waals surface area (Å²) in [5, 5.41) is 9.46. The smallest absolute Gasteiger partial charge is 0.0459 e. The Kier molecular flexibility index (Phi) is 20.0. The van der Waals surface area contributed by atoms with Crippen molar-refractivity contribution in [3.63, 3.8) is 0 Å². The van der Waals surface area contributed by atoms with Crippen molar-refractivity contribution >= 4 is 0 Å². The van der Waals surface area contributed by atoms with E-state index in [1.807, 2.05) is 0 Å². The van der Waals surface area contributed by atoms with Crippen molar-refractivity contribution in [2.45, 2.75) is 129 Å². The number of hydrogen-bond donors (Lipinski definition) is 1. The minimum Gasteiger partial charge on any atom is -0.396 e. The third kappa shape index (κ3) is 18.1. The van der Waals surface area contributed by atoms with Gasteiger partial charge in [0, 0.05) is 6.61 Å². The zero-order valence-electron chi connectivity index (χ0n) is 16.5. The Labute approximate surface area is 147 Å². The summed E-state index contributed by atoms with van der Waals surface area (Å²) in [7, 11) is 0. The quantitative estimate of drug-likeness (QED) is 0.242. The maximum Gasteiger partial charge on any atom is 0.0459 e. The second-order valence-electron chi connectivity index (χ2n) is 7.58. The van der Waals surface area contributed by atoms with Crippen molar-refractivity contribution in [3.8, 4) is 0 Å². The summed E-state index contributed by atoms with van der Waals surface area (Å²) in [5.41, 5.74) is 0. The van der Waals surface area contributed by atoms with E-state index < -0.39 is 0 Å². The minimum atomic E-state index is 0.407. The molecule has 1 unspecified atom stereocenters. The molecule has 0 saturated carbocycles. The molecule has 140 valence electrons. The van der Waals surface area contributed by atoms with E-state index in [1.54, 1.807) is 0 Å². The van der Waals surface area contributed by atoms with Gasteiger partial charge in [0.2, 0.25) is 0 Å². The van der Waals surface area contributed by atoms with E-state index in [4.69, 9.17) is 0 Å². The lowest BCUT2D eigenvalue weighted by molar-refractivity contribution is 0.204. The van der Waals surface area contributed by atoms with Crippen LogP contribution in [0.4, 0.5) is 0 Å². The number of aliphatic hydroxyl groups is 1. The highest BCUT2D eigenvalue weighted by molar-refractivity contribution is 4.59. The highest BCUT2D eigenvalue weighted by Crippen LogP contribution is 2.18. The van der Waals surface area contributed by atoms with Crippen LogP contribution in [0.3, 0.4) is 0 Å². The molecule has 1 atom stereocenters. The SMILES string of the molecule is CCCCCCCCCCCCCCC(CO)CCCCCC. The molecule has 0 aliphatic rings. The van der Waals surface area contributed by atoms with Crippen LogP contribution in [0.15, 0.2) is 0 Å². The predicted octanol–water partition coefficient (Wildman–Crippen LogP) is 7.66. The summed E-state index contributed by atoms with van der Waals surface area (Å²) in [5.74, 6) is 0.579. The van der Waals surface area contributed by atoms with Crippen LogP contribution >= 0.6 is 0 Å². The summed E-state index contributed by atoms with van der Waals surface area (Å²) in [4.78, 5) is 0. The second kappa shape index (κ2) is 20.0.